The number of nitrogens with one attached hydrogen (secondary N) is 1. The van der Waals surface area contributed by atoms with Gasteiger partial charge in [-0.3, -0.25) is 4.40 Å². The summed E-state index contributed by atoms with van der Waals surface area (Å²) < 4.78 is 1.85. The molecular formula is C17H14ClN7. The number of nitrogens with zero attached hydrogens (tertiary/aromatic N) is 5. The van der Waals surface area contributed by atoms with Gasteiger partial charge in [-0.1, -0.05) is 23.7 Å². The molecule has 0 aliphatic heterocycles. The minimum Gasteiger partial charge on any atom is -0.381 e. The Hall–Kier alpha value is -3.19. The van der Waals surface area contributed by atoms with E-state index in [1.165, 1.54) is 0 Å². The van der Waals surface area contributed by atoms with Crippen molar-refractivity contribution in [3.05, 3.63) is 65.7 Å². The zero-order valence-corrected chi connectivity index (χ0v) is 13.9. The van der Waals surface area contributed by atoms with Crippen molar-refractivity contribution in [1.82, 2.24) is 24.3 Å². The highest BCUT2D eigenvalue weighted by Crippen LogP contribution is 2.21. The zero-order chi connectivity index (χ0) is 17.2. The van der Waals surface area contributed by atoms with Gasteiger partial charge >= 0.3 is 0 Å². The highest BCUT2D eigenvalue weighted by Gasteiger charge is 2.10. The molecule has 3 N–H and O–H groups in total. The van der Waals surface area contributed by atoms with E-state index in [4.69, 9.17) is 17.3 Å². The Morgan fingerprint density at radius 1 is 1.12 bits per heavy atom. The minimum atomic E-state index is 0.377. The largest absolute Gasteiger partial charge is 0.381 e. The van der Waals surface area contributed by atoms with Crippen LogP contribution >= 0.6 is 11.6 Å². The molecule has 3 aromatic heterocycles. The topological polar surface area (TPSA) is 94.0 Å². The lowest BCUT2D eigenvalue weighted by atomic mass is 10.2. The number of benzene rings is 1. The number of rotatable bonds is 4. The standard InChI is InChI=1S/C17H14ClN7/c18-12-3-1-2-11(8-12)9-23-17-21-5-4-13(24-17)14-10-22-16-15(19)20-6-7-25(14)16/h1-8,10H,9H2,(H2,19,20)(H,21,23,24). The molecule has 0 bridgehead atoms. The SMILES string of the molecule is Nc1nccn2c(-c3ccnc(NCc4cccc(Cl)c4)n3)cnc12. The van der Waals surface area contributed by atoms with Crippen molar-refractivity contribution >= 4 is 29.0 Å². The van der Waals surface area contributed by atoms with Crippen LogP contribution in [0.2, 0.25) is 5.02 Å². The number of nitrogen functional groups attached to an aromatic ring is 1. The lowest BCUT2D eigenvalue weighted by Crippen LogP contribution is -2.04. The monoisotopic (exact) mass is 351 g/mol. The molecule has 0 saturated carbocycles. The van der Waals surface area contributed by atoms with Gasteiger partial charge in [-0.05, 0) is 23.8 Å². The molecular weight excluding hydrogens is 338 g/mol. The number of halogens is 1. The fourth-order valence-electron chi connectivity index (χ4n) is 2.54. The Bertz CT molecular complexity index is 1040. The molecule has 0 unspecified atom stereocenters. The van der Waals surface area contributed by atoms with E-state index in [9.17, 15) is 0 Å². The second kappa shape index (κ2) is 6.37. The molecule has 4 rings (SSSR count). The summed E-state index contributed by atoms with van der Waals surface area (Å²) in [4.78, 5) is 17.2. The van der Waals surface area contributed by atoms with E-state index >= 15 is 0 Å². The normalized spacial score (nSPS) is 10.9. The maximum absolute atomic E-state index is 6.00. The fourth-order valence-corrected chi connectivity index (χ4v) is 2.76. The third kappa shape index (κ3) is 3.09. The first-order valence-electron chi connectivity index (χ1n) is 7.60. The maximum Gasteiger partial charge on any atom is 0.223 e. The number of fused-ring (bicyclic) bond motifs is 1. The molecule has 4 aromatic rings. The Morgan fingerprint density at radius 3 is 2.92 bits per heavy atom. The van der Waals surface area contributed by atoms with Crippen molar-refractivity contribution < 1.29 is 0 Å². The van der Waals surface area contributed by atoms with Crippen LogP contribution in [0.25, 0.3) is 17.0 Å². The molecule has 124 valence electrons. The molecule has 0 saturated heterocycles. The summed E-state index contributed by atoms with van der Waals surface area (Å²) in [5.74, 6) is 0.900. The number of aromatic nitrogens is 5. The van der Waals surface area contributed by atoms with Gasteiger partial charge in [0, 0.05) is 30.2 Å². The minimum absolute atomic E-state index is 0.377. The molecule has 7 nitrogen and oxygen atoms in total. The highest BCUT2D eigenvalue weighted by atomic mass is 35.5. The van der Waals surface area contributed by atoms with Crippen LogP contribution in [0.1, 0.15) is 5.56 Å². The van der Waals surface area contributed by atoms with E-state index in [1.807, 2.05) is 34.7 Å². The molecule has 3 heterocycles. The molecule has 1 aromatic carbocycles. The lowest BCUT2D eigenvalue weighted by molar-refractivity contribution is 1.05. The van der Waals surface area contributed by atoms with E-state index in [0.717, 1.165) is 17.0 Å². The summed E-state index contributed by atoms with van der Waals surface area (Å²) in [6, 6.07) is 9.47. The Morgan fingerprint density at radius 2 is 2.04 bits per heavy atom. The summed E-state index contributed by atoms with van der Waals surface area (Å²) in [5, 5.41) is 3.90. The van der Waals surface area contributed by atoms with E-state index in [1.54, 1.807) is 24.8 Å². The molecule has 0 radical (unpaired) electrons. The summed E-state index contributed by atoms with van der Waals surface area (Å²) in [6.07, 6.45) is 6.85. The van der Waals surface area contributed by atoms with Gasteiger partial charge in [0.1, 0.15) is 0 Å². The van der Waals surface area contributed by atoms with Crippen LogP contribution in [0, 0.1) is 0 Å². The molecule has 8 heteroatoms. The van der Waals surface area contributed by atoms with Gasteiger partial charge in [0.05, 0.1) is 17.6 Å². The third-order valence-electron chi connectivity index (χ3n) is 3.71. The summed E-state index contributed by atoms with van der Waals surface area (Å²) >= 11 is 6.00. The first-order chi connectivity index (χ1) is 12.2. The first-order valence-corrected chi connectivity index (χ1v) is 7.98. The van der Waals surface area contributed by atoms with E-state index in [2.05, 4.69) is 25.3 Å². The predicted molar refractivity (Wildman–Crippen MR) is 97.2 cm³/mol. The smallest absolute Gasteiger partial charge is 0.223 e. The lowest BCUT2D eigenvalue weighted by Gasteiger charge is -2.07. The van der Waals surface area contributed by atoms with Gasteiger partial charge in [0.25, 0.3) is 0 Å². The molecule has 25 heavy (non-hydrogen) atoms. The average Bonchev–Trinajstić information content (AvgIpc) is 3.06. The van der Waals surface area contributed by atoms with Crippen LogP contribution in [0.15, 0.2) is 55.1 Å². The van der Waals surface area contributed by atoms with Crippen molar-refractivity contribution in [2.24, 2.45) is 0 Å². The number of hydrogen-bond acceptors (Lipinski definition) is 6. The predicted octanol–water partition coefficient (Wildman–Crippen LogP) is 3.03. The average molecular weight is 352 g/mol. The summed E-state index contributed by atoms with van der Waals surface area (Å²) in [7, 11) is 0. The van der Waals surface area contributed by atoms with Gasteiger partial charge in [0.15, 0.2) is 11.5 Å². The maximum atomic E-state index is 6.00. The quantitative estimate of drug-likeness (QED) is 0.587. The van der Waals surface area contributed by atoms with Gasteiger partial charge in [0.2, 0.25) is 5.95 Å². The number of hydrogen-bond donors (Lipinski definition) is 2. The Kier molecular flexibility index (Phi) is 3.91. The molecule has 0 amide bonds. The van der Waals surface area contributed by atoms with Crippen LogP contribution in [-0.4, -0.2) is 24.3 Å². The van der Waals surface area contributed by atoms with E-state index in [0.29, 0.717) is 29.0 Å². The number of imidazole rings is 1. The summed E-state index contributed by atoms with van der Waals surface area (Å²) in [5.41, 5.74) is 9.06. The second-order valence-corrected chi connectivity index (χ2v) is 5.83. The van der Waals surface area contributed by atoms with Crippen molar-refractivity contribution in [2.75, 3.05) is 11.1 Å². The molecule has 0 spiro atoms. The molecule has 0 fully saturated rings. The number of anilines is 2. The number of nitrogens with two attached hydrogens (primary N) is 1. The highest BCUT2D eigenvalue weighted by molar-refractivity contribution is 6.30. The van der Waals surface area contributed by atoms with E-state index in [-0.39, 0.29) is 0 Å². The van der Waals surface area contributed by atoms with Crippen LogP contribution in [0.5, 0.6) is 0 Å². The first kappa shape index (κ1) is 15.3. The second-order valence-electron chi connectivity index (χ2n) is 5.40. The Balaban J connectivity index is 1.61. The van der Waals surface area contributed by atoms with Crippen LogP contribution in [0.4, 0.5) is 11.8 Å². The molecule has 0 atom stereocenters. The van der Waals surface area contributed by atoms with Crippen LogP contribution < -0.4 is 11.1 Å². The fraction of sp³-hybridized carbons (Fsp3) is 0.0588. The molecule has 0 aliphatic carbocycles. The van der Waals surface area contributed by atoms with Gasteiger partial charge in [-0.15, -0.1) is 0 Å². The van der Waals surface area contributed by atoms with Crippen molar-refractivity contribution in [2.45, 2.75) is 6.54 Å². The summed E-state index contributed by atoms with van der Waals surface area (Å²) in [6.45, 7) is 0.577. The third-order valence-corrected chi connectivity index (χ3v) is 3.95. The van der Waals surface area contributed by atoms with Crippen molar-refractivity contribution in [3.63, 3.8) is 0 Å². The zero-order valence-electron chi connectivity index (χ0n) is 13.1. The van der Waals surface area contributed by atoms with Crippen molar-refractivity contribution in [1.29, 1.82) is 0 Å². The Labute approximate surface area is 148 Å². The van der Waals surface area contributed by atoms with Crippen LogP contribution in [0.3, 0.4) is 0 Å². The van der Waals surface area contributed by atoms with Gasteiger partial charge in [-0.2, -0.15) is 0 Å². The van der Waals surface area contributed by atoms with Gasteiger partial charge in [-0.25, -0.2) is 19.9 Å². The van der Waals surface area contributed by atoms with Crippen molar-refractivity contribution in [3.8, 4) is 11.4 Å². The van der Waals surface area contributed by atoms with Crippen LogP contribution in [-0.2, 0) is 6.54 Å². The van der Waals surface area contributed by atoms with Gasteiger partial charge < -0.3 is 11.1 Å². The van der Waals surface area contributed by atoms with E-state index < -0.39 is 0 Å². The molecule has 0 aliphatic rings.